The maximum Gasteiger partial charge on any atom is 0.270 e. The van der Waals surface area contributed by atoms with Crippen LogP contribution in [0, 0.1) is 0 Å². The van der Waals surface area contributed by atoms with Crippen LogP contribution in [0.25, 0.3) is 0 Å². The van der Waals surface area contributed by atoms with Crippen molar-refractivity contribution >= 4 is 33.6 Å². The highest BCUT2D eigenvalue weighted by Gasteiger charge is 2.16. The van der Waals surface area contributed by atoms with E-state index >= 15 is 0 Å². The molecule has 1 aromatic rings. The molecule has 0 saturated heterocycles. The van der Waals surface area contributed by atoms with Crippen LogP contribution >= 0.6 is 27.7 Å². The number of carbonyl (C=O) groups is 1. The third kappa shape index (κ3) is 4.07. The first-order valence-electron chi connectivity index (χ1n) is 5.70. The largest absolute Gasteiger partial charge is 0.342 e. The lowest BCUT2D eigenvalue weighted by molar-refractivity contribution is 0.0793. The van der Waals surface area contributed by atoms with Gasteiger partial charge in [-0.1, -0.05) is 6.92 Å². The van der Waals surface area contributed by atoms with Crippen molar-refractivity contribution < 1.29 is 4.79 Å². The Morgan fingerprint density at radius 2 is 2.29 bits per heavy atom. The van der Waals surface area contributed by atoms with E-state index in [1.54, 1.807) is 16.7 Å². The zero-order valence-corrected chi connectivity index (χ0v) is 13.0. The molecule has 0 aliphatic carbocycles. The highest BCUT2D eigenvalue weighted by molar-refractivity contribution is 9.10. The van der Waals surface area contributed by atoms with Gasteiger partial charge in [-0.15, -0.1) is 0 Å². The lowest BCUT2D eigenvalue weighted by Gasteiger charge is -2.17. The first kappa shape index (κ1) is 14.6. The average Bonchev–Trinajstić information content (AvgIpc) is 2.66. The highest BCUT2D eigenvalue weighted by atomic mass is 79.9. The predicted molar refractivity (Wildman–Crippen MR) is 77.8 cm³/mol. The number of aromatic nitrogens is 1. The summed E-state index contributed by atoms with van der Waals surface area (Å²) < 4.78 is 2.98. The third-order valence-electron chi connectivity index (χ3n) is 2.52. The van der Waals surface area contributed by atoms with Crippen LogP contribution in [0.1, 0.15) is 23.8 Å². The standard InChI is InChI=1S/C12H19BrN2OS/c1-4-5-15-9-10(13)8-11(15)12(16)14(2)6-7-17-3/h8-9H,4-7H2,1-3H3. The van der Waals surface area contributed by atoms with Crippen molar-refractivity contribution in [2.75, 3.05) is 25.6 Å². The van der Waals surface area contributed by atoms with E-state index in [-0.39, 0.29) is 5.91 Å². The van der Waals surface area contributed by atoms with Gasteiger partial charge in [-0.25, -0.2) is 0 Å². The van der Waals surface area contributed by atoms with Gasteiger partial charge in [-0.3, -0.25) is 4.79 Å². The summed E-state index contributed by atoms with van der Waals surface area (Å²) in [7, 11) is 1.86. The van der Waals surface area contributed by atoms with Crippen LogP contribution in [-0.4, -0.2) is 41.0 Å². The molecule has 3 nitrogen and oxygen atoms in total. The summed E-state index contributed by atoms with van der Waals surface area (Å²) in [6.07, 6.45) is 5.05. The van der Waals surface area contributed by atoms with Gasteiger partial charge in [0.15, 0.2) is 0 Å². The van der Waals surface area contributed by atoms with Crippen molar-refractivity contribution in [3.8, 4) is 0 Å². The molecule has 0 bridgehead atoms. The molecule has 0 spiro atoms. The van der Waals surface area contributed by atoms with Gasteiger partial charge >= 0.3 is 0 Å². The molecular formula is C12H19BrN2OS. The maximum absolute atomic E-state index is 12.2. The third-order valence-corrected chi connectivity index (χ3v) is 3.55. The Morgan fingerprint density at radius 1 is 1.59 bits per heavy atom. The number of amides is 1. The average molecular weight is 319 g/mol. The van der Waals surface area contributed by atoms with Crippen LogP contribution in [0.4, 0.5) is 0 Å². The molecule has 1 aromatic heterocycles. The fraction of sp³-hybridized carbons (Fsp3) is 0.583. The molecule has 0 N–H and O–H groups in total. The summed E-state index contributed by atoms with van der Waals surface area (Å²) in [6, 6.07) is 1.90. The molecule has 0 atom stereocenters. The smallest absolute Gasteiger partial charge is 0.270 e. The Bertz CT molecular complexity index is 379. The van der Waals surface area contributed by atoms with Crippen LogP contribution in [0.3, 0.4) is 0 Å². The first-order valence-corrected chi connectivity index (χ1v) is 7.89. The van der Waals surface area contributed by atoms with Crippen molar-refractivity contribution in [2.45, 2.75) is 19.9 Å². The Kier molecular flexibility index (Phi) is 6.12. The molecule has 0 aromatic carbocycles. The van der Waals surface area contributed by atoms with Crippen molar-refractivity contribution in [3.05, 3.63) is 22.4 Å². The van der Waals surface area contributed by atoms with Crippen LogP contribution in [0.2, 0.25) is 0 Å². The maximum atomic E-state index is 12.2. The van der Waals surface area contributed by atoms with Gasteiger partial charge in [-0.05, 0) is 34.7 Å². The van der Waals surface area contributed by atoms with E-state index in [4.69, 9.17) is 0 Å². The van der Waals surface area contributed by atoms with Gasteiger partial charge in [-0.2, -0.15) is 11.8 Å². The molecule has 17 heavy (non-hydrogen) atoms. The number of rotatable bonds is 6. The molecule has 1 heterocycles. The number of thioether (sulfide) groups is 1. The molecule has 0 aliphatic rings. The summed E-state index contributed by atoms with van der Waals surface area (Å²) in [4.78, 5) is 14.0. The van der Waals surface area contributed by atoms with Gasteiger partial charge in [0.25, 0.3) is 5.91 Å². The van der Waals surface area contributed by atoms with Crippen molar-refractivity contribution in [3.63, 3.8) is 0 Å². The second-order valence-corrected chi connectivity index (χ2v) is 5.86. The summed E-state index contributed by atoms with van der Waals surface area (Å²) in [6.45, 7) is 3.78. The predicted octanol–water partition coefficient (Wildman–Crippen LogP) is 3.10. The van der Waals surface area contributed by atoms with E-state index in [2.05, 4.69) is 29.1 Å². The summed E-state index contributed by atoms with van der Waals surface area (Å²) in [5, 5.41) is 0. The molecule has 96 valence electrons. The molecule has 0 fully saturated rings. The fourth-order valence-corrected chi connectivity index (χ4v) is 2.53. The van der Waals surface area contributed by atoms with Gasteiger partial charge < -0.3 is 9.47 Å². The fourth-order valence-electron chi connectivity index (χ4n) is 1.61. The van der Waals surface area contributed by atoms with Crippen molar-refractivity contribution in [2.24, 2.45) is 0 Å². The lowest BCUT2D eigenvalue weighted by Crippen LogP contribution is -2.30. The Labute approximate surface area is 116 Å². The van der Waals surface area contributed by atoms with Gasteiger partial charge in [0.1, 0.15) is 5.69 Å². The van der Waals surface area contributed by atoms with E-state index in [0.717, 1.165) is 35.4 Å². The normalized spacial score (nSPS) is 10.6. The first-order chi connectivity index (χ1) is 8.10. The molecule has 1 amide bonds. The minimum absolute atomic E-state index is 0.0956. The molecule has 1 rings (SSSR count). The minimum atomic E-state index is 0.0956. The monoisotopic (exact) mass is 318 g/mol. The van der Waals surface area contributed by atoms with E-state index < -0.39 is 0 Å². The molecular weight excluding hydrogens is 300 g/mol. The number of hydrogen-bond acceptors (Lipinski definition) is 2. The summed E-state index contributed by atoms with van der Waals surface area (Å²) in [5.41, 5.74) is 0.766. The Hall–Kier alpha value is -0.420. The topological polar surface area (TPSA) is 25.2 Å². The van der Waals surface area contributed by atoms with Gasteiger partial charge in [0, 0.05) is 36.6 Å². The SMILES string of the molecule is CCCn1cc(Br)cc1C(=O)N(C)CCSC. The quantitative estimate of drug-likeness (QED) is 0.805. The Morgan fingerprint density at radius 3 is 2.88 bits per heavy atom. The highest BCUT2D eigenvalue weighted by Crippen LogP contribution is 2.17. The van der Waals surface area contributed by atoms with Crippen molar-refractivity contribution in [1.29, 1.82) is 0 Å². The number of aryl methyl sites for hydroxylation is 1. The second-order valence-electron chi connectivity index (χ2n) is 3.96. The second kappa shape index (κ2) is 7.11. The number of hydrogen-bond donors (Lipinski definition) is 0. The van der Waals surface area contributed by atoms with E-state index in [1.165, 1.54) is 0 Å². The zero-order chi connectivity index (χ0) is 12.8. The summed E-state index contributed by atoms with van der Waals surface area (Å²) in [5.74, 6) is 1.07. The van der Waals surface area contributed by atoms with Crippen LogP contribution < -0.4 is 0 Å². The molecule has 0 aliphatic heterocycles. The van der Waals surface area contributed by atoms with E-state index in [0.29, 0.717) is 0 Å². The molecule has 0 radical (unpaired) electrons. The minimum Gasteiger partial charge on any atom is -0.342 e. The number of carbonyl (C=O) groups excluding carboxylic acids is 1. The van der Waals surface area contributed by atoms with Crippen molar-refractivity contribution in [1.82, 2.24) is 9.47 Å². The van der Waals surface area contributed by atoms with Crippen LogP contribution in [0.15, 0.2) is 16.7 Å². The Balaban J connectivity index is 2.79. The number of halogens is 1. The molecule has 0 saturated carbocycles. The zero-order valence-electron chi connectivity index (χ0n) is 10.6. The van der Waals surface area contributed by atoms with Crippen LogP contribution in [-0.2, 0) is 6.54 Å². The number of nitrogens with zero attached hydrogens (tertiary/aromatic N) is 2. The summed E-state index contributed by atoms with van der Waals surface area (Å²) >= 11 is 5.18. The lowest BCUT2D eigenvalue weighted by atomic mass is 10.3. The van der Waals surface area contributed by atoms with Gasteiger partial charge in [0.05, 0.1) is 0 Å². The molecule has 5 heteroatoms. The van der Waals surface area contributed by atoms with Gasteiger partial charge in [0.2, 0.25) is 0 Å². The van der Waals surface area contributed by atoms with E-state index in [1.807, 2.05) is 23.9 Å². The molecule has 0 unspecified atom stereocenters. The van der Waals surface area contributed by atoms with E-state index in [9.17, 15) is 4.79 Å². The van der Waals surface area contributed by atoms with Crippen LogP contribution in [0.5, 0.6) is 0 Å².